The first-order valence-corrected chi connectivity index (χ1v) is 14.2. The molecule has 11 nitrogen and oxygen atoms in total. The van der Waals surface area contributed by atoms with E-state index in [9.17, 15) is 9.59 Å². The third-order valence-electron chi connectivity index (χ3n) is 7.59. The number of amides is 1. The Bertz CT molecular complexity index is 2180. The number of anilines is 1. The molecule has 0 saturated carbocycles. The molecule has 1 amide bonds. The Hall–Kier alpha value is -5.76. The molecule has 4 heterocycles. The molecule has 0 aliphatic heterocycles. The van der Waals surface area contributed by atoms with E-state index in [1.807, 2.05) is 70.3 Å². The van der Waals surface area contributed by atoms with E-state index in [0.717, 1.165) is 17.0 Å². The predicted octanol–water partition coefficient (Wildman–Crippen LogP) is 4.07. The van der Waals surface area contributed by atoms with Crippen LogP contribution in [0.4, 0.5) is 5.82 Å². The number of benzene rings is 2. The van der Waals surface area contributed by atoms with E-state index in [1.54, 1.807) is 36.1 Å². The second-order valence-corrected chi connectivity index (χ2v) is 10.9. The van der Waals surface area contributed by atoms with Gasteiger partial charge in [-0.25, -0.2) is 14.5 Å². The predicted molar refractivity (Wildman–Crippen MR) is 169 cm³/mol. The largest absolute Gasteiger partial charge is 0.381 e. The highest BCUT2D eigenvalue weighted by atomic mass is 16.2. The van der Waals surface area contributed by atoms with Gasteiger partial charge in [0, 0.05) is 24.5 Å². The fourth-order valence-corrected chi connectivity index (χ4v) is 5.06. The first-order valence-electron chi connectivity index (χ1n) is 14.2. The first kappa shape index (κ1) is 28.4. The van der Waals surface area contributed by atoms with Crippen molar-refractivity contribution in [2.24, 2.45) is 7.05 Å². The highest BCUT2D eigenvalue weighted by Crippen LogP contribution is 2.23. The van der Waals surface area contributed by atoms with Crippen molar-refractivity contribution in [3.8, 4) is 17.5 Å². The summed E-state index contributed by atoms with van der Waals surface area (Å²) in [5.41, 5.74) is 10.5. The number of nitrogen functional groups attached to an aromatic ring is 1. The summed E-state index contributed by atoms with van der Waals surface area (Å²) >= 11 is 0. The summed E-state index contributed by atoms with van der Waals surface area (Å²) in [7, 11) is 1.85. The topological polar surface area (TPSA) is 138 Å². The Morgan fingerprint density at radius 3 is 2.43 bits per heavy atom. The highest BCUT2D eigenvalue weighted by Gasteiger charge is 2.25. The minimum Gasteiger partial charge on any atom is -0.381 e. The summed E-state index contributed by atoms with van der Waals surface area (Å²) in [6.07, 6.45) is 3.44. The van der Waals surface area contributed by atoms with Crippen LogP contribution >= 0.6 is 0 Å². The Balaban J connectivity index is 1.46. The molecule has 0 bridgehead atoms. The Morgan fingerprint density at radius 1 is 0.977 bits per heavy atom. The van der Waals surface area contributed by atoms with Gasteiger partial charge in [0.1, 0.15) is 11.4 Å². The maximum absolute atomic E-state index is 14.3. The van der Waals surface area contributed by atoms with Gasteiger partial charge in [0.25, 0.3) is 11.5 Å². The summed E-state index contributed by atoms with van der Waals surface area (Å²) in [6, 6.07) is 15.7. The van der Waals surface area contributed by atoms with Crippen molar-refractivity contribution in [2.75, 3.05) is 5.73 Å². The van der Waals surface area contributed by atoms with Gasteiger partial charge in [0.15, 0.2) is 11.5 Å². The number of fused-ring (bicyclic) bond motifs is 2. The lowest BCUT2D eigenvalue weighted by molar-refractivity contribution is 0.0940. The zero-order chi connectivity index (χ0) is 31.1. The lowest BCUT2D eigenvalue weighted by Crippen LogP contribution is -2.33. The standard InChI is InChI=1S/C33H31N9O2/c1-19(2)25-16-17-41-31(37-25)28(29(34)39-41)32(43)36-20(3)30-38-26-13-9-10-22(14-15-23-18-35-40(5)21(23)4)27(26)33(44)42(30)24-11-7-6-8-12-24/h6-13,16-20H,1-5H3,(H2,34,39)(H,36,43). The molecule has 0 radical (unpaired) electrons. The number of aryl methyl sites for hydroxylation is 1. The molecule has 4 aromatic heterocycles. The molecule has 11 heteroatoms. The van der Waals surface area contributed by atoms with Gasteiger partial charge in [-0.3, -0.25) is 18.8 Å². The van der Waals surface area contributed by atoms with Crippen LogP contribution in [0.3, 0.4) is 0 Å². The van der Waals surface area contributed by atoms with Crippen LogP contribution in [0.5, 0.6) is 0 Å². The van der Waals surface area contributed by atoms with Crippen molar-refractivity contribution < 1.29 is 4.79 Å². The summed E-state index contributed by atoms with van der Waals surface area (Å²) in [5.74, 6) is 6.38. The van der Waals surface area contributed by atoms with E-state index in [1.165, 1.54) is 9.08 Å². The van der Waals surface area contributed by atoms with E-state index >= 15 is 0 Å². The molecule has 0 saturated heterocycles. The van der Waals surface area contributed by atoms with Crippen LogP contribution in [0.1, 0.15) is 71.4 Å². The molecule has 220 valence electrons. The minimum absolute atomic E-state index is 0.0575. The second-order valence-electron chi connectivity index (χ2n) is 10.9. The molecule has 6 aromatic rings. The Labute approximate surface area is 253 Å². The van der Waals surface area contributed by atoms with Gasteiger partial charge in [-0.2, -0.15) is 5.10 Å². The summed E-state index contributed by atoms with van der Waals surface area (Å²) in [5, 5.41) is 11.9. The van der Waals surface area contributed by atoms with Crippen LogP contribution in [-0.2, 0) is 7.05 Å². The van der Waals surface area contributed by atoms with Crippen LogP contribution in [-0.4, -0.2) is 39.8 Å². The number of carbonyl (C=O) groups excluding carboxylic acids is 1. The molecule has 2 aromatic carbocycles. The number of para-hydroxylation sites is 1. The maximum atomic E-state index is 14.3. The van der Waals surface area contributed by atoms with Crippen molar-refractivity contribution >= 4 is 28.3 Å². The number of nitrogens with zero attached hydrogens (tertiary/aromatic N) is 7. The lowest BCUT2D eigenvalue weighted by Gasteiger charge is -2.20. The maximum Gasteiger partial charge on any atom is 0.267 e. The van der Waals surface area contributed by atoms with Crippen LogP contribution in [0.2, 0.25) is 0 Å². The van der Waals surface area contributed by atoms with Crippen LogP contribution in [0, 0.1) is 18.8 Å². The molecule has 44 heavy (non-hydrogen) atoms. The van der Waals surface area contributed by atoms with Gasteiger partial charge in [0.2, 0.25) is 0 Å². The van der Waals surface area contributed by atoms with Gasteiger partial charge in [0.05, 0.1) is 40.1 Å². The molecule has 0 fully saturated rings. The van der Waals surface area contributed by atoms with Gasteiger partial charge in [-0.15, -0.1) is 5.10 Å². The molecule has 3 N–H and O–H groups in total. The molecule has 0 spiro atoms. The quantitative estimate of drug-likeness (QED) is 0.291. The average molecular weight is 586 g/mol. The zero-order valence-electron chi connectivity index (χ0n) is 25.0. The molecule has 6 rings (SSSR count). The van der Waals surface area contributed by atoms with E-state index in [-0.39, 0.29) is 22.9 Å². The van der Waals surface area contributed by atoms with E-state index < -0.39 is 11.9 Å². The lowest BCUT2D eigenvalue weighted by atomic mass is 10.1. The number of hydrogen-bond acceptors (Lipinski definition) is 7. The number of rotatable bonds is 5. The second kappa shape index (κ2) is 11.1. The van der Waals surface area contributed by atoms with Crippen LogP contribution in [0.25, 0.3) is 22.2 Å². The highest BCUT2D eigenvalue weighted by molar-refractivity contribution is 6.04. The molecular weight excluding hydrogens is 554 g/mol. The third kappa shape index (κ3) is 4.96. The van der Waals surface area contributed by atoms with Crippen LogP contribution < -0.4 is 16.6 Å². The van der Waals surface area contributed by atoms with Crippen LogP contribution in [0.15, 0.2) is 71.8 Å². The molecule has 0 aliphatic rings. The van der Waals surface area contributed by atoms with E-state index in [4.69, 9.17) is 10.7 Å². The van der Waals surface area contributed by atoms with E-state index in [0.29, 0.717) is 33.6 Å². The van der Waals surface area contributed by atoms with E-state index in [2.05, 4.69) is 32.3 Å². The number of carbonyl (C=O) groups is 1. The summed E-state index contributed by atoms with van der Waals surface area (Å²) < 4.78 is 4.76. The van der Waals surface area contributed by atoms with Crippen molar-refractivity contribution in [1.29, 1.82) is 0 Å². The third-order valence-corrected chi connectivity index (χ3v) is 7.59. The number of aromatic nitrogens is 7. The number of nitrogens with two attached hydrogens (primary N) is 1. The van der Waals surface area contributed by atoms with Gasteiger partial charge >= 0.3 is 0 Å². The van der Waals surface area contributed by atoms with Crippen molar-refractivity contribution in [3.05, 3.63) is 111 Å². The monoisotopic (exact) mass is 585 g/mol. The molecule has 0 aliphatic carbocycles. The first-order chi connectivity index (χ1) is 21.1. The van der Waals surface area contributed by atoms with Crippen molar-refractivity contribution in [1.82, 2.24) is 39.2 Å². The fourth-order valence-electron chi connectivity index (χ4n) is 5.06. The number of hydrogen-bond donors (Lipinski definition) is 2. The molecule has 1 unspecified atom stereocenters. The Morgan fingerprint density at radius 2 is 1.73 bits per heavy atom. The molecular formula is C33H31N9O2. The summed E-state index contributed by atoms with van der Waals surface area (Å²) in [4.78, 5) is 37.5. The fraction of sp³-hybridized carbons (Fsp3) is 0.212. The van der Waals surface area contributed by atoms with Gasteiger partial charge < -0.3 is 11.1 Å². The Kier molecular flexibility index (Phi) is 7.19. The summed E-state index contributed by atoms with van der Waals surface area (Å²) in [6.45, 7) is 7.75. The van der Waals surface area contributed by atoms with Crippen molar-refractivity contribution in [2.45, 2.75) is 39.7 Å². The normalized spacial score (nSPS) is 12.0. The molecule has 1 atom stereocenters. The van der Waals surface area contributed by atoms with Gasteiger partial charge in [-0.05, 0) is 50.1 Å². The SMILES string of the molecule is Cc1c(C#Cc2cccc3nc(C(C)NC(=O)c4c(N)nn5ccc(C(C)C)nc45)n(-c4ccccc4)c(=O)c23)cnn1C. The smallest absolute Gasteiger partial charge is 0.267 e. The van der Waals surface area contributed by atoms with Crippen molar-refractivity contribution in [3.63, 3.8) is 0 Å². The van der Waals surface area contributed by atoms with Gasteiger partial charge in [-0.1, -0.05) is 50.0 Å². The zero-order valence-corrected chi connectivity index (χ0v) is 25.0. The average Bonchev–Trinajstić information content (AvgIpc) is 3.52. The minimum atomic E-state index is -0.699. The number of nitrogens with one attached hydrogen (secondary N) is 1.